The van der Waals surface area contributed by atoms with Gasteiger partial charge in [-0.15, -0.1) is 0 Å². The van der Waals surface area contributed by atoms with E-state index in [0.29, 0.717) is 49.9 Å². The topological polar surface area (TPSA) is 87.7 Å². The molecule has 2 aliphatic heterocycles. The molecule has 1 saturated carbocycles. The molecule has 1 N–H and O–H groups in total. The van der Waals surface area contributed by atoms with Gasteiger partial charge in [-0.05, 0) is 63.6 Å². The van der Waals surface area contributed by atoms with E-state index in [9.17, 15) is 18.4 Å². The van der Waals surface area contributed by atoms with Crippen LogP contribution in [0.3, 0.4) is 0 Å². The average molecular weight is 556 g/mol. The Morgan fingerprint density at radius 3 is 2.52 bits per heavy atom. The normalized spacial score (nSPS) is 22.2. The number of hydrogen-bond acceptors (Lipinski definition) is 6. The molecule has 0 atom stereocenters. The molecule has 216 valence electrons. The summed E-state index contributed by atoms with van der Waals surface area (Å²) in [5.41, 5.74) is 0.337. The Morgan fingerprint density at radius 1 is 1.02 bits per heavy atom. The maximum atomic E-state index is 13.6. The largest absolute Gasteiger partial charge is 0.492 e. The molecule has 5 rings (SSSR count). The fourth-order valence-corrected chi connectivity index (χ4v) is 6.23. The van der Waals surface area contributed by atoms with Crippen LogP contribution in [0.4, 0.5) is 14.6 Å². The second-order valence-electron chi connectivity index (χ2n) is 11.5. The van der Waals surface area contributed by atoms with Crippen molar-refractivity contribution in [3.05, 3.63) is 47.9 Å². The second-order valence-corrected chi connectivity index (χ2v) is 11.5. The molecule has 1 saturated heterocycles. The molecule has 8 nitrogen and oxygen atoms in total. The van der Waals surface area contributed by atoms with E-state index in [4.69, 9.17) is 4.74 Å². The van der Waals surface area contributed by atoms with Gasteiger partial charge in [0.2, 0.25) is 11.8 Å². The highest BCUT2D eigenvalue weighted by molar-refractivity contribution is 5.96. The summed E-state index contributed by atoms with van der Waals surface area (Å²) in [7, 11) is 0. The van der Waals surface area contributed by atoms with Crippen LogP contribution in [0.15, 0.2) is 36.5 Å². The monoisotopic (exact) mass is 555 g/mol. The molecule has 0 unspecified atom stereocenters. The molecule has 1 aromatic heterocycles. The van der Waals surface area contributed by atoms with Crippen LogP contribution >= 0.6 is 0 Å². The van der Waals surface area contributed by atoms with Gasteiger partial charge >= 0.3 is 0 Å². The summed E-state index contributed by atoms with van der Waals surface area (Å²) in [5.74, 6) is -1.02. The van der Waals surface area contributed by atoms with E-state index in [1.165, 1.54) is 0 Å². The number of rotatable bonds is 2. The lowest BCUT2D eigenvalue weighted by molar-refractivity contribution is -0.142. The molecule has 2 amide bonds. The number of alkyl halides is 2. The third kappa shape index (κ3) is 6.70. The molecule has 10 heteroatoms. The number of benzene rings is 1. The zero-order chi connectivity index (χ0) is 28.2. The smallest absolute Gasteiger partial charge is 0.255 e. The van der Waals surface area contributed by atoms with Gasteiger partial charge in [0, 0.05) is 63.1 Å². The van der Waals surface area contributed by atoms with Crippen LogP contribution in [-0.2, 0) is 4.79 Å². The predicted octanol–water partition coefficient (Wildman–Crippen LogP) is 4.63. The Morgan fingerprint density at radius 2 is 1.77 bits per heavy atom. The quantitative estimate of drug-likeness (QED) is 0.582. The number of nitrogens with zero attached hydrogens (tertiary/aromatic N) is 4. The molecule has 0 bridgehead atoms. The van der Waals surface area contributed by atoms with Crippen LogP contribution in [0.25, 0.3) is 0 Å². The van der Waals surface area contributed by atoms with Crippen molar-refractivity contribution in [2.45, 2.75) is 64.2 Å². The van der Waals surface area contributed by atoms with Crippen molar-refractivity contribution in [2.75, 3.05) is 44.2 Å². The van der Waals surface area contributed by atoms with Gasteiger partial charge in [-0.2, -0.15) is 0 Å². The molecule has 1 spiro atoms. The molecular formula is C30H39F2N5O3. The van der Waals surface area contributed by atoms with Crippen LogP contribution in [-0.4, -0.2) is 71.9 Å². The number of aryl methyl sites for hydroxylation is 1. The maximum absolute atomic E-state index is 13.6. The lowest BCUT2D eigenvalue weighted by atomic mass is 9.75. The third-order valence-corrected chi connectivity index (χ3v) is 8.76. The van der Waals surface area contributed by atoms with Gasteiger partial charge in [0.15, 0.2) is 0 Å². The standard InChI is InChI=1S/C30H39F2N5O3/c1-22-33-15-9-26(35-22)36-17-4-10-29(21-40-25-6-3-2-5-24(25)27(38)34-16-20-36)13-18-37(19-14-29)28(39)23-7-11-30(31,32)12-8-23/h2-3,5-6,9,15,23H,4,7-8,10-14,16-21H2,1H3,(H,34,38). The SMILES string of the molecule is Cc1nccc(N2CCCC3(CCN(C(=O)C4CCC(F)(F)CC4)CC3)COc3ccccc3C(=O)NCC2)n1. The van der Waals surface area contributed by atoms with Gasteiger partial charge in [0.05, 0.1) is 12.2 Å². The number of aromatic nitrogens is 2. The van der Waals surface area contributed by atoms with Crippen LogP contribution in [0.2, 0.25) is 0 Å². The fraction of sp³-hybridized carbons (Fsp3) is 0.600. The van der Waals surface area contributed by atoms with Gasteiger partial charge in [-0.3, -0.25) is 9.59 Å². The highest BCUT2D eigenvalue weighted by Crippen LogP contribution is 2.40. The number of carbonyl (C=O) groups is 2. The first-order valence-electron chi connectivity index (χ1n) is 14.4. The number of amides is 2. The lowest BCUT2D eigenvalue weighted by Crippen LogP contribution is -2.48. The highest BCUT2D eigenvalue weighted by Gasteiger charge is 2.41. The van der Waals surface area contributed by atoms with Crippen molar-refractivity contribution in [3.63, 3.8) is 0 Å². The first-order valence-corrected chi connectivity index (χ1v) is 14.4. The lowest BCUT2D eigenvalue weighted by Gasteiger charge is -2.43. The Hall–Kier alpha value is -3.30. The number of piperidine rings is 1. The van der Waals surface area contributed by atoms with E-state index in [1.807, 2.05) is 36.1 Å². The number of para-hydroxylation sites is 1. The zero-order valence-electron chi connectivity index (χ0n) is 23.2. The van der Waals surface area contributed by atoms with Gasteiger partial charge in [-0.1, -0.05) is 12.1 Å². The van der Waals surface area contributed by atoms with Gasteiger partial charge in [0.1, 0.15) is 17.4 Å². The molecule has 1 aromatic carbocycles. The average Bonchev–Trinajstić information content (AvgIpc) is 2.96. The van der Waals surface area contributed by atoms with E-state index >= 15 is 0 Å². The predicted molar refractivity (Wildman–Crippen MR) is 148 cm³/mol. The molecule has 2 fully saturated rings. The van der Waals surface area contributed by atoms with E-state index in [2.05, 4.69) is 20.2 Å². The number of anilines is 1. The Kier molecular flexibility index (Phi) is 8.51. The first kappa shape index (κ1) is 28.2. The Bertz CT molecular complexity index is 1190. The summed E-state index contributed by atoms with van der Waals surface area (Å²) in [4.78, 5) is 39.1. The Labute approximate surface area is 234 Å². The Balaban J connectivity index is 1.31. The number of halogens is 2. The summed E-state index contributed by atoms with van der Waals surface area (Å²) < 4.78 is 33.6. The molecule has 0 radical (unpaired) electrons. The zero-order valence-corrected chi connectivity index (χ0v) is 23.2. The van der Waals surface area contributed by atoms with Crippen molar-refractivity contribution in [1.82, 2.24) is 20.2 Å². The van der Waals surface area contributed by atoms with Crippen LogP contribution in [0.1, 0.15) is 67.5 Å². The summed E-state index contributed by atoms with van der Waals surface area (Å²) in [5, 5.41) is 3.02. The van der Waals surface area contributed by atoms with E-state index < -0.39 is 5.92 Å². The number of likely N-dealkylation sites (tertiary alicyclic amines) is 1. The van der Waals surface area contributed by atoms with Crippen molar-refractivity contribution < 1.29 is 23.1 Å². The third-order valence-electron chi connectivity index (χ3n) is 8.76. The van der Waals surface area contributed by atoms with Gasteiger partial charge in [0.25, 0.3) is 5.91 Å². The first-order chi connectivity index (χ1) is 19.2. The summed E-state index contributed by atoms with van der Waals surface area (Å²) in [6.07, 6.45) is 5.19. The van der Waals surface area contributed by atoms with Crippen LogP contribution in [0, 0.1) is 18.3 Å². The fourth-order valence-electron chi connectivity index (χ4n) is 6.23. The number of ether oxygens (including phenoxy) is 1. The minimum absolute atomic E-state index is 0.0169. The second kappa shape index (κ2) is 12.1. The number of nitrogens with one attached hydrogen (secondary N) is 1. The number of hydrogen-bond donors (Lipinski definition) is 1. The molecule has 1 aliphatic carbocycles. The molecule has 2 aromatic rings. The minimum atomic E-state index is -2.64. The van der Waals surface area contributed by atoms with Gasteiger partial charge < -0.3 is 19.9 Å². The minimum Gasteiger partial charge on any atom is -0.492 e. The molecule has 3 heterocycles. The van der Waals surface area contributed by atoms with Crippen molar-refractivity contribution in [1.29, 1.82) is 0 Å². The van der Waals surface area contributed by atoms with Crippen molar-refractivity contribution in [2.24, 2.45) is 11.3 Å². The van der Waals surface area contributed by atoms with Crippen LogP contribution in [0.5, 0.6) is 5.75 Å². The van der Waals surface area contributed by atoms with Crippen molar-refractivity contribution >= 4 is 17.6 Å². The van der Waals surface area contributed by atoms with E-state index in [0.717, 1.165) is 38.0 Å². The maximum Gasteiger partial charge on any atom is 0.255 e. The number of carbonyl (C=O) groups excluding carboxylic acids is 2. The summed E-state index contributed by atoms with van der Waals surface area (Å²) >= 11 is 0. The molecular weight excluding hydrogens is 516 g/mol. The van der Waals surface area contributed by atoms with Gasteiger partial charge in [-0.25, -0.2) is 18.7 Å². The summed E-state index contributed by atoms with van der Waals surface area (Å²) in [6.45, 7) is 5.33. The molecule has 40 heavy (non-hydrogen) atoms. The number of fused-ring (bicyclic) bond motifs is 1. The molecule has 3 aliphatic rings. The van der Waals surface area contributed by atoms with E-state index in [-0.39, 0.29) is 48.8 Å². The highest BCUT2D eigenvalue weighted by atomic mass is 19.3. The van der Waals surface area contributed by atoms with Crippen LogP contribution < -0.4 is 15.0 Å². The summed E-state index contributed by atoms with van der Waals surface area (Å²) in [6, 6.07) is 9.20. The van der Waals surface area contributed by atoms with E-state index in [1.54, 1.807) is 12.3 Å². The van der Waals surface area contributed by atoms with Crippen molar-refractivity contribution in [3.8, 4) is 5.75 Å².